The minimum Gasteiger partial charge on any atom is -0.346 e. The van der Waals surface area contributed by atoms with Gasteiger partial charge in [0.05, 0.1) is 19.1 Å². The molecule has 0 radical (unpaired) electrons. The number of hydrogen-bond donors (Lipinski definition) is 5. The SMILES string of the molecule is C[C@H]1CC(=O)N([C@@H](Cc2ccccc2)C(=O)N[C@@H](Cc2ccccc2)C(=O)NCC(=O)NCC(=O)N[C@H](C=O)CCCCN)C1=O. The summed E-state index contributed by atoms with van der Waals surface area (Å²) in [6.07, 6.45) is 2.53. The van der Waals surface area contributed by atoms with Crippen LogP contribution in [-0.4, -0.2) is 84.4 Å². The molecule has 0 unspecified atom stereocenters. The topological polar surface area (TPSA) is 197 Å². The highest BCUT2D eigenvalue weighted by Crippen LogP contribution is 2.23. The molecule has 6 amide bonds. The van der Waals surface area contributed by atoms with Crippen LogP contribution < -0.4 is 27.0 Å². The zero-order valence-electron chi connectivity index (χ0n) is 25.9. The summed E-state index contributed by atoms with van der Waals surface area (Å²) in [5, 5.41) is 10.1. The Morgan fingerprint density at radius 2 is 1.46 bits per heavy atom. The Balaban J connectivity index is 1.66. The molecule has 1 fully saturated rings. The van der Waals surface area contributed by atoms with Gasteiger partial charge in [0.25, 0.3) is 0 Å². The van der Waals surface area contributed by atoms with Crippen molar-refractivity contribution >= 4 is 41.7 Å². The monoisotopic (exact) mass is 634 g/mol. The predicted octanol–water partition coefficient (Wildman–Crippen LogP) is -0.235. The first kappa shape index (κ1) is 35.6. The summed E-state index contributed by atoms with van der Waals surface area (Å²) in [6.45, 7) is 1.21. The molecule has 13 nitrogen and oxygen atoms in total. The molecule has 1 aliphatic rings. The third kappa shape index (κ3) is 10.9. The van der Waals surface area contributed by atoms with Crippen LogP contribution in [0.2, 0.25) is 0 Å². The number of aldehydes is 1. The number of carbonyl (C=O) groups is 7. The van der Waals surface area contributed by atoms with Gasteiger partial charge in [-0.2, -0.15) is 0 Å². The van der Waals surface area contributed by atoms with Gasteiger partial charge >= 0.3 is 0 Å². The van der Waals surface area contributed by atoms with Gasteiger partial charge in [-0.05, 0) is 36.9 Å². The minimum absolute atomic E-state index is 0.0114. The van der Waals surface area contributed by atoms with Crippen LogP contribution in [0.3, 0.4) is 0 Å². The molecule has 0 bridgehead atoms. The number of benzene rings is 2. The molecule has 0 spiro atoms. The number of likely N-dealkylation sites (tertiary alicyclic amines) is 1. The van der Waals surface area contributed by atoms with E-state index in [-0.39, 0.29) is 19.3 Å². The molecule has 246 valence electrons. The van der Waals surface area contributed by atoms with Gasteiger partial charge in [-0.3, -0.25) is 33.7 Å². The molecule has 1 saturated heterocycles. The van der Waals surface area contributed by atoms with Crippen molar-refractivity contribution in [3.8, 4) is 0 Å². The Morgan fingerprint density at radius 1 is 0.848 bits per heavy atom. The molecule has 0 saturated carbocycles. The van der Waals surface area contributed by atoms with E-state index < -0.39 is 72.6 Å². The van der Waals surface area contributed by atoms with Crippen molar-refractivity contribution in [1.82, 2.24) is 26.2 Å². The first-order chi connectivity index (χ1) is 22.1. The Hall–Kier alpha value is -4.91. The minimum atomic E-state index is -1.19. The summed E-state index contributed by atoms with van der Waals surface area (Å²) in [6, 6.07) is 14.8. The van der Waals surface area contributed by atoms with Gasteiger partial charge in [0, 0.05) is 25.2 Å². The third-order valence-corrected chi connectivity index (χ3v) is 7.56. The van der Waals surface area contributed by atoms with Gasteiger partial charge in [0.2, 0.25) is 35.4 Å². The molecule has 3 rings (SSSR count). The number of carbonyl (C=O) groups excluding carboxylic acids is 7. The molecule has 1 aliphatic heterocycles. The van der Waals surface area contributed by atoms with Crippen LogP contribution in [0.25, 0.3) is 0 Å². The van der Waals surface area contributed by atoms with E-state index in [1.807, 2.05) is 6.07 Å². The summed E-state index contributed by atoms with van der Waals surface area (Å²) in [5.41, 5.74) is 6.90. The highest BCUT2D eigenvalue weighted by molar-refractivity contribution is 6.07. The van der Waals surface area contributed by atoms with E-state index in [0.29, 0.717) is 32.1 Å². The van der Waals surface area contributed by atoms with E-state index in [0.717, 1.165) is 16.0 Å². The van der Waals surface area contributed by atoms with E-state index in [4.69, 9.17) is 5.73 Å². The average molecular weight is 635 g/mol. The van der Waals surface area contributed by atoms with Crippen molar-refractivity contribution in [3.05, 3.63) is 71.8 Å². The molecule has 0 aliphatic carbocycles. The van der Waals surface area contributed by atoms with Crippen molar-refractivity contribution in [2.24, 2.45) is 11.7 Å². The van der Waals surface area contributed by atoms with Crippen molar-refractivity contribution in [3.63, 3.8) is 0 Å². The number of imide groups is 1. The zero-order chi connectivity index (χ0) is 33.5. The second kappa shape index (κ2) is 18.2. The maximum atomic E-state index is 13.8. The van der Waals surface area contributed by atoms with Crippen LogP contribution in [0.4, 0.5) is 0 Å². The van der Waals surface area contributed by atoms with Gasteiger partial charge in [0.15, 0.2) is 0 Å². The lowest BCUT2D eigenvalue weighted by Gasteiger charge is -2.28. The maximum absolute atomic E-state index is 13.8. The number of hydrogen-bond acceptors (Lipinski definition) is 8. The maximum Gasteiger partial charge on any atom is 0.244 e. The fourth-order valence-electron chi connectivity index (χ4n) is 5.07. The zero-order valence-corrected chi connectivity index (χ0v) is 25.9. The molecule has 13 heteroatoms. The van der Waals surface area contributed by atoms with E-state index in [1.165, 1.54) is 0 Å². The number of nitrogens with zero attached hydrogens (tertiary/aromatic N) is 1. The second-order valence-electron chi connectivity index (χ2n) is 11.3. The van der Waals surface area contributed by atoms with Gasteiger partial charge in [-0.15, -0.1) is 0 Å². The Labute approximate surface area is 268 Å². The largest absolute Gasteiger partial charge is 0.346 e. The molecule has 46 heavy (non-hydrogen) atoms. The quantitative estimate of drug-likeness (QED) is 0.0842. The predicted molar refractivity (Wildman–Crippen MR) is 169 cm³/mol. The number of amides is 6. The van der Waals surface area contributed by atoms with Crippen LogP contribution in [0, 0.1) is 5.92 Å². The van der Waals surface area contributed by atoms with E-state index >= 15 is 0 Å². The van der Waals surface area contributed by atoms with Crippen LogP contribution in [0.5, 0.6) is 0 Å². The van der Waals surface area contributed by atoms with Crippen LogP contribution in [-0.2, 0) is 46.4 Å². The lowest BCUT2D eigenvalue weighted by Crippen LogP contribution is -2.57. The van der Waals surface area contributed by atoms with Crippen molar-refractivity contribution < 1.29 is 33.6 Å². The Bertz CT molecular complexity index is 1370. The lowest BCUT2D eigenvalue weighted by atomic mass is 10.0. The van der Waals surface area contributed by atoms with E-state index in [2.05, 4.69) is 21.3 Å². The molecule has 4 atom stereocenters. The number of nitrogens with one attached hydrogen (secondary N) is 4. The van der Waals surface area contributed by atoms with Crippen LogP contribution >= 0.6 is 0 Å². The Morgan fingerprint density at radius 3 is 2.02 bits per heavy atom. The molecule has 6 N–H and O–H groups in total. The standard InChI is InChI=1S/C33H42N6O7/c1-22-16-30(43)39(33(22)46)27(18-24-12-6-3-7-13-24)32(45)38-26(17-23-10-4-2-5-11-23)31(44)36-19-28(41)35-20-29(42)37-25(21-40)14-8-9-15-34/h2-7,10-13,21-22,25-27H,8-9,14-20,34H2,1H3,(H,35,41)(H,36,44)(H,37,42)(H,38,45)/t22-,25-,26-,27-/m0/s1. The number of unbranched alkanes of at least 4 members (excludes halogenated alkanes) is 1. The van der Waals surface area contributed by atoms with Crippen molar-refractivity contribution in [1.29, 1.82) is 0 Å². The van der Waals surface area contributed by atoms with Crippen molar-refractivity contribution in [2.75, 3.05) is 19.6 Å². The highest BCUT2D eigenvalue weighted by Gasteiger charge is 2.43. The highest BCUT2D eigenvalue weighted by atomic mass is 16.2. The third-order valence-electron chi connectivity index (χ3n) is 7.56. The van der Waals surface area contributed by atoms with Crippen molar-refractivity contribution in [2.45, 2.75) is 63.6 Å². The Kier molecular flexibility index (Phi) is 14.0. The fourth-order valence-corrected chi connectivity index (χ4v) is 5.07. The van der Waals surface area contributed by atoms with E-state index in [1.54, 1.807) is 61.5 Å². The summed E-state index contributed by atoms with van der Waals surface area (Å²) < 4.78 is 0. The van der Waals surface area contributed by atoms with Gasteiger partial charge < -0.3 is 31.8 Å². The summed E-state index contributed by atoms with van der Waals surface area (Å²) in [5.74, 6) is -4.08. The molecule has 0 aromatic heterocycles. The summed E-state index contributed by atoms with van der Waals surface area (Å²) in [4.78, 5) is 89.7. The van der Waals surface area contributed by atoms with Crippen LogP contribution in [0.1, 0.15) is 43.7 Å². The molecular weight excluding hydrogens is 592 g/mol. The van der Waals surface area contributed by atoms with Gasteiger partial charge in [-0.25, -0.2) is 0 Å². The average Bonchev–Trinajstić information content (AvgIpc) is 3.31. The molecule has 2 aromatic carbocycles. The van der Waals surface area contributed by atoms with E-state index in [9.17, 15) is 33.6 Å². The van der Waals surface area contributed by atoms with Gasteiger partial charge in [0.1, 0.15) is 18.4 Å². The molecular formula is C33H42N6O7. The summed E-state index contributed by atoms with van der Waals surface area (Å²) in [7, 11) is 0. The second-order valence-corrected chi connectivity index (χ2v) is 11.3. The fraction of sp³-hybridized carbons (Fsp3) is 0.424. The van der Waals surface area contributed by atoms with Crippen LogP contribution in [0.15, 0.2) is 60.7 Å². The normalized spacial score (nSPS) is 16.2. The molecule has 1 heterocycles. The number of nitrogens with two attached hydrogens (primary N) is 1. The first-order valence-electron chi connectivity index (χ1n) is 15.4. The molecule has 2 aromatic rings. The lowest BCUT2D eigenvalue weighted by molar-refractivity contribution is -0.147. The summed E-state index contributed by atoms with van der Waals surface area (Å²) >= 11 is 0. The first-order valence-corrected chi connectivity index (χ1v) is 15.4. The number of rotatable bonds is 18. The van der Waals surface area contributed by atoms with Gasteiger partial charge in [-0.1, -0.05) is 67.6 Å². The smallest absolute Gasteiger partial charge is 0.244 e.